The van der Waals surface area contributed by atoms with Crippen LogP contribution in [0.15, 0.2) is 34.8 Å². The van der Waals surface area contributed by atoms with E-state index in [2.05, 4.69) is 28.5 Å². The number of anilines is 1. The highest BCUT2D eigenvalue weighted by Gasteiger charge is 2.04. The van der Waals surface area contributed by atoms with Crippen molar-refractivity contribution in [3.63, 3.8) is 0 Å². The minimum absolute atomic E-state index is 0.341. The van der Waals surface area contributed by atoms with Crippen molar-refractivity contribution in [1.82, 2.24) is 4.98 Å². The van der Waals surface area contributed by atoms with E-state index in [0.29, 0.717) is 6.04 Å². The van der Waals surface area contributed by atoms with Crippen LogP contribution in [0.5, 0.6) is 0 Å². The van der Waals surface area contributed by atoms with E-state index >= 15 is 0 Å². The third-order valence-electron chi connectivity index (χ3n) is 2.49. The molecule has 0 atom stereocenters. The highest BCUT2D eigenvalue weighted by Crippen LogP contribution is 2.27. The summed E-state index contributed by atoms with van der Waals surface area (Å²) in [5.74, 6) is 0. The summed E-state index contributed by atoms with van der Waals surface area (Å²) in [4.78, 5) is 4.33. The molecular formula is C14H19N3OS. The Morgan fingerprint density at radius 3 is 2.63 bits per heavy atom. The van der Waals surface area contributed by atoms with Gasteiger partial charge in [-0.1, -0.05) is 0 Å². The van der Waals surface area contributed by atoms with E-state index in [1.165, 1.54) is 0 Å². The molecule has 1 N–H and O–H groups in total. The molecule has 102 valence electrons. The standard InChI is InChI=1S/C14H19N3OS/c1-10(2)16-14-7-8-15-13-6-5-11(9-12(13)14)17-19(3,4)18/h5-10H,1-4H3,(H,15,16). The monoisotopic (exact) mass is 277 g/mol. The number of benzene rings is 1. The molecular weight excluding hydrogens is 258 g/mol. The van der Waals surface area contributed by atoms with Crippen LogP contribution in [-0.4, -0.2) is 27.7 Å². The van der Waals surface area contributed by atoms with Gasteiger partial charge in [0.2, 0.25) is 0 Å². The quantitative estimate of drug-likeness (QED) is 0.935. The van der Waals surface area contributed by atoms with Gasteiger partial charge in [0.1, 0.15) is 0 Å². The average Bonchev–Trinajstić information content (AvgIpc) is 2.27. The van der Waals surface area contributed by atoms with Crippen molar-refractivity contribution < 1.29 is 4.21 Å². The number of hydrogen-bond acceptors (Lipinski definition) is 4. The molecule has 0 aliphatic heterocycles. The van der Waals surface area contributed by atoms with Gasteiger partial charge in [0.05, 0.1) is 11.2 Å². The number of nitrogens with zero attached hydrogens (tertiary/aromatic N) is 2. The molecule has 0 amide bonds. The molecule has 4 nitrogen and oxygen atoms in total. The minimum atomic E-state index is -2.15. The molecule has 0 saturated carbocycles. The first-order chi connectivity index (χ1) is 8.85. The molecule has 0 bridgehead atoms. The first kappa shape index (κ1) is 13.8. The maximum Gasteiger partial charge on any atom is 0.0738 e. The number of rotatable bonds is 3. The van der Waals surface area contributed by atoms with Gasteiger partial charge in [-0.05, 0) is 38.1 Å². The van der Waals surface area contributed by atoms with Crippen molar-refractivity contribution in [3.05, 3.63) is 30.5 Å². The Hall–Kier alpha value is -1.62. The fourth-order valence-electron chi connectivity index (χ4n) is 1.88. The van der Waals surface area contributed by atoms with Crippen molar-refractivity contribution >= 4 is 32.0 Å². The van der Waals surface area contributed by atoms with E-state index in [1.54, 1.807) is 18.7 Å². The molecule has 1 aromatic carbocycles. The molecule has 2 rings (SSSR count). The fraction of sp³-hybridized carbons (Fsp3) is 0.357. The zero-order valence-corrected chi connectivity index (χ0v) is 12.5. The molecule has 0 saturated heterocycles. The molecule has 2 aromatic rings. The highest BCUT2D eigenvalue weighted by atomic mass is 32.2. The van der Waals surface area contributed by atoms with Crippen molar-refractivity contribution in [2.75, 3.05) is 17.8 Å². The third-order valence-corrected chi connectivity index (χ3v) is 3.15. The van der Waals surface area contributed by atoms with Crippen molar-refractivity contribution in [3.8, 4) is 0 Å². The lowest BCUT2D eigenvalue weighted by Crippen LogP contribution is -2.09. The van der Waals surface area contributed by atoms with Crippen LogP contribution in [-0.2, 0) is 9.73 Å². The Morgan fingerprint density at radius 2 is 2.00 bits per heavy atom. The van der Waals surface area contributed by atoms with Gasteiger partial charge in [0.15, 0.2) is 0 Å². The lowest BCUT2D eigenvalue weighted by molar-refractivity contribution is 0.684. The van der Waals surface area contributed by atoms with Crippen LogP contribution in [0.2, 0.25) is 0 Å². The lowest BCUT2D eigenvalue weighted by Gasteiger charge is -2.12. The summed E-state index contributed by atoms with van der Waals surface area (Å²) in [6, 6.07) is 7.97. The van der Waals surface area contributed by atoms with Gasteiger partial charge in [-0.3, -0.25) is 4.98 Å². The topological polar surface area (TPSA) is 54.4 Å². The molecule has 0 spiro atoms. The summed E-state index contributed by atoms with van der Waals surface area (Å²) in [5, 5.41) is 4.39. The number of pyridine rings is 1. The molecule has 0 radical (unpaired) electrons. The molecule has 1 heterocycles. The summed E-state index contributed by atoms with van der Waals surface area (Å²) in [7, 11) is -2.15. The van der Waals surface area contributed by atoms with Gasteiger partial charge >= 0.3 is 0 Å². The van der Waals surface area contributed by atoms with E-state index in [9.17, 15) is 4.21 Å². The van der Waals surface area contributed by atoms with Crippen molar-refractivity contribution in [2.24, 2.45) is 4.36 Å². The smallest absolute Gasteiger partial charge is 0.0738 e. The molecule has 19 heavy (non-hydrogen) atoms. The summed E-state index contributed by atoms with van der Waals surface area (Å²) in [6.07, 6.45) is 5.05. The van der Waals surface area contributed by atoms with Crippen LogP contribution in [0.25, 0.3) is 10.9 Å². The van der Waals surface area contributed by atoms with Crippen LogP contribution >= 0.6 is 0 Å². The lowest BCUT2D eigenvalue weighted by atomic mass is 10.1. The Morgan fingerprint density at radius 1 is 1.26 bits per heavy atom. The molecule has 1 aromatic heterocycles. The summed E-state index contributed by atoms with van der Waals surface area (Å²) in [5.41, 5.74) is 2.65. The van der Waals surface area contributed by atoms with Crippen LogP contribution in [0.4, 0.5) is 11.4 Å². The van der Waals surface area contributed by atoms with E-state index < -0.39 is 9.73 Å². The van der Waals surface area contributed by atoms with Gasteiger partial charge in [-0.25, -0.2) is 4.21 Å². The SMILES string of the molecule is CC(C)Nc1ccnc2ccc(N=S(C)(C)=O)cc12. The van der Waals surface area contributed by atoms with Crippen LogP contribution in [0.3, 0.4) is 0 Å². The highest BCUT2D eigenvalue weighted by molar-refractivity contribution is 7.92. The van der Waals surface area contributed by atoms with E-state index in [0.717, 1.165) is 22.3 Å². The summed E-state index contributed by atoms with van der Waals surface area (Å²) >= 11 is 0. The molecule has 0 unspecified atom stereocenters. The Balaban J connectivity index is 2.60. The third kappa shape index (κ3) is 3.67. The van der Waals surface area contributed by atoms with E-state index in [-0.39, 0.29) is 0 Å². The predicted octanol–water partition coefficient (Wildman–Crippen LogP) is 3.41. The molecule has 5 heteroatoms. The molecule has 0 aliphatic carbocycles. The zero-order valence-electron chi connectivity index (χ0n) is 11.7. The van der Waals surface area contributed by atoms with Crippen LogP contribution < -0.4 is 5.32 Å². The fourth-order valence-corrected chi connectivity index (χ4v) is 2.50. The van der Waals surface area contributed by atoms with E-state index in [4.69, 9.17) is 0 Å². The molecule has 0 fully saturated rings. The number of fused-ring (bicyclic) bond motifs is 1. The second-order valence-electron chi connectivity index (χ2n) is 5.13. The number of hydrogen-bond donors (Lipinski definition) is 1. The number of nitrogens with one attached hydrogen (secondary N) is 1. The van der Waals surface area contributed by atoms with Gasteiger partial charge in [-0.2, -0.15) is 4.36 Å². The second-order valence-corrected chi connectivity index (χ2v) is 7.68. The summed E-state index contributed by atoms with van der Waals surface area (Å²) in [6.45, 7) is 4.18. The second kappa shape index (κ2) is 5.17. The largest absolute Gasteiger partial charge is 0.382 e. The average molecular weight is 277 g/mol. The van der Waals surface area contributed by atoms with Crippen molar-refractivity contribution in [1.29, 1.82) is 0 Å². The maximum atomic E-state index is 11.8. The Kier molecular flexibility index (Phi) is 3.75. The predicted molar refractivity (Wildman–Crippen MR) is 82.6 cm³/mol. The minimum Gasteiger partial charge on any atom is -0.382 e. The first-order valence-electron chi connectivity index (χ1n) is 6.17. The van der Waals surface area contributed by atoms with Gasteiger partial charge in [0, 0.05) is 45.6 Å². The maximum absolute atomic E-state index is 11.8. The van der Waals surface area contributed by atoms with E-state index in [1.807, 2.05) is 24.3 Å². The first-order valence-corrected chi connectivity index (χ1v) is 8.51. The van der Waals surface area contributed by atoms with Gasteiger partial charge in [-0.15, -0.1) is 0 Å². The Labute approximate surface area is 114 Å². The zero-order chi connectivity index (χ0) is 14.0. The van der Waals surface area contributed by atoms with Crippen molar-refractivity contribution in [2.45, 2.75) is 19.9 Å². The van der Waals surface area contributed by atoms with Crippen LogP contribution in [0, 0.1) is 0 Å². The normalized spacial score (nSPS) is 11.8. The number of aromatic nitrogens is 1. The Bertz CT molecular complexity index is 708. The summed E-state index contributed by atoms with van der Waals surface area (Å²) < 4.78 is 16.0. The van der Waals surface area contributed by atoms with Gasteiger partial charge < -0.3 is 5.32 Å². The molecule has 0 aliphatic rings. The van der Waals surface area contributed by atoms with Crippen LogP contribution in [0.1, 0.15) is 13.8 Å². The van der Waals surface area contributed by atoms with Gasteiger partial charge in [0.25, 0.3) is 0 Å².